The standard InChI is InChI=1S/C14H20N2O2/c1-10(16-12-3-2-6-15-8-12)11-4-5-13-14(7-11)18-9-17-13/h4-5,7,10,12,15-16H,2-3,6,8-9H2,1H3. The van der Waals surface area contributed by atoms with E-state index >= 15 is 0 Å². The van der Waals surface area contributed by atoms with E-state index in [1.54, 1.807) is 0 Å². The van der Waals surface area contributed by atoms with Crippen molar-refractivity contribution in [2.45, 2.75) is 31.8 Å². The first-order valence-corrected chi connectivity index (χ1v) is 6.69. The Labute approximate surface area is 108 Å². The second kappa shape index (κ2) is 5.16. The van der Waals surface area contributed by atoms with Gasteiger partial charge in [0.05, 0.1) is 0 Å². The smallest absolute Gasteiger partial charge is 0.231 e. The molecule has 1 saturated heterocycles. The Morgan fingerprint density at radius 3 is 3.06 bits per heavy atom. The van der Waals surface area contributed by atoms with E-state index in [4.69, 9.17) is 9.47 Å². The number of nitrogens with one attached hydrogen (secondary N) is 2. The van der Waals surface area contributed by atoms with Gasteiger partial charge in [0.2, 0.25) is 6.79 Å². The molecule has 2 aliphatic heterocycles. The van der Waals surface area contributed by atoms with Crippen LogP contribution >= 0.6 is 0 Å². The fraction of sp³-hybridized carbons (Fsp3) is 0.571. The van der Waals surface area contributed by atoms with E-state index in [2.05, 4.69) is 29.7 Å². The Kier molecular flexibility index (Phi) is 3.39. The van der Waals surface area contributed by atoms with Gasteiger partial charge in [0.25, 0.3) is 0 Å². The van der Waals surface area contributed by atoms with E-state index in [9.17, 15) is 0 Å². The van der Waals surface area contributed by atoms with E-state index in [1.165, 1.54) is 18.4 Å². The number of hydrogen-bond acceptors (Lipinski definition) is 4. The lowest BCUT2D eigenvalue weighted by molar-refractivity contribution is 0.174. The molecule has 4 nitrogen and oxygen atoms in total. The van der Waals surface area contributed by atoms with Crippen molar-refractivity contribution in [3.8, 4) is 11.5 Å². The Balaban J connectivity index is 1.66. The van der Waals surface area contributed by atoms with Crippen molar-refractivity contribution in [3.63, 3.8) is 0 Å². The molecule has 2 unspecified atom stereocenters. The zero-order valence-electron chi connectivity index (χ0n) is 10.7. The second-order valence-corrected chi connectivity index (χ2v) is 5.04. The van der Waals surface area contributed by atoms with Crippen LogP contribution in [-0.4, -0.2) is 25.9 Å². The largest absolute Gasteiger partial charge is 0.454 e. The molecule has 2 atom stereocenters. The van der Waals surface area contributed by atoms with Crippen molar-refractivity contribution in [2.75, 3.05) is 19.9 Å². The summed E-state index contributed by atoms with van der Waals surface area (Å²) in [5.41, 5.74) is 1.25. The first-order valence-electron chi connectivity index (χ1n) is 6.69. The molecule has 2 N–H and O–H groups in total. The molecule has 3 rings (SSSR count). The van der Waals surface area contributed by atoms with Crippen LogP contribution in [0.5, 0.6) is 11.5 Å². The third-order valence-electron chi connectivity index (χ3n) is 3.68. The zero-order chi connectivity index (χ0) is 12.4. The quantitative estimate of drug-likeness (QED) is 0.856. The van der Waals surface area contributed by atoms with Crippen molar-refractivity contribution in [1.82, 2.24) is 10.6 Å². The van der Waals surface area contributed by atoms with Crippen molar-refractivity contribution in [1.29, 1.82) is 0 Å². The van der Waals surface area contributed by atoms with Gasteiger partial charge >= 0.3 is 0 Å². The molecule has 2 heterocycles. The highest BCUT2D eigenvalue weighted by molar-refractivity contribution is 5.45. The minimum atomic E-state index is 0.337. The highest BCUT2D eigenvalue weighted by Gasteiger charge is 2.19. The summed E-state index contributed by atoms with van der Waals surface area (Å²) in [7, 11) is 0. The maximum atomic E-state index is 5.42. The van der Waals surface area contributed by atoms with E-state index in [0.29, 0.717) is 18.9 Å². The van der Waals surface area contributed by atoms with E-state index in [1.807, 2.05) is 6.07 Å². The number of fused-ring (bicyclic) bond motifs is 1. The third-order valence-corrected chi connectivity index (χ3v) is 3.68. The van der Waals surface area contributed by atoms with Crippen molar-refractivity contribution >= 4 is 0 Å². The molecule has 0 spiro atoms. The fourth-order valence-corrected chi connectivity index (χ4v) is 2.63. The van der Waals surface area contributed by atoms with Crippen LogP contribution in [0.1, 0.15) is 31.4 Å². The number of benzene rings is 1. The highest BCUT2D eigenvalue weighted by Crippen LogP contribution is 2.34. The number of ether oxygens (including phenoxy) is 2. The number of piperidine rings is 1. The zero-order valence-corrected chi connectivity index (χ0v) is 10.7. The molecule has 0 radical (unpaired) electrons. The van der Waals surface area contributed by atoms with Gasteiger partial charge in [-0.25, -0.2) is 0 Å². The van der Waals surface area contributed by atoms with E-state index in [0.717, 1.165) is 24.6 Å². The van der Waals surface area contributed by atoms with E-state index in [-0.39, 0.29) is 0 Å². The van der Waals surface area contributed by atoms with Gasteiger partial charge in [-0.2, -0.15) is 0 Å². The summed E-state index contributed by atoms with van der Waals surface area (Å²) in [5, 5.41) is 7.09. The van der Waals surface area contributed by atoms with Crippen LogP contribution < -0.4 is 20.1 Å². The number of rotatable bonds is 3. The lowest BCUT2D eigenvalue weighted by Gasteiger charge is -2.27. The first kappa shape index (κ1) is 11.8. The fourth-order valence-electron chi connectivity index (χ4n) is 2.63. The SMILES string of the molecule is CC(NC1CCCNC1)c1ccc2c(c1)OCO2. The van der Waals surface area contributed by atoms with Gasteiger partial charge in [0.15, 0.2) is 11.5 Å². The molecule has 0 bridgehead atoms. The van der Waals surface area contributed by atoms with Crippen molar-refractivity contribution < 1.29 is 9.47 Å². The molecule has 0 aliphatic carbocycles. The molecular weight excluding hydrogens is 228 g/mol. The van der Waals surface area contributed by atoms with Crippen molar-refractivity contribution in [2.24, 2.45) is 0 Å². The maximum Gasteiger partial charge on any atom is 0.231 e. The van der Waals surface area contributed by atoms with Gasteiger partial charge in [-0.15, -0.1) is 0 Å². The van der Waals surface area contributed by atoms with Crippen LogP contribution in [0, 0.1) is 0 Å². The summed E-state index contributed by atoms with van der Waals surface area (Å²) in [4.78, 5) is 0. The lowest BCUT2D eigenvalue weighted by Crippen LogP contribution is -2.43. The molecule has 18 heavy (non-hydrogen) atoms. The minimum absolute atomic E-state index is 0.337. The maximum absolute atomic E-state index is 5.42. The highest BCUT2D eigenvalue weighted by atomic mass is 16.7. The van der Waals surface area contributed by atoms with Crippen molar-refractivity contribution in [3.05, 3.63) is 23.8 Å². The molecule has 98 valence electrons. The normalized spacial score (nSPS) is 23.9. The average Bonchev–Trinajstić information content (AvgIpc) is 2.87. The van der Waals surface area contributed by atoms with Crippen LogP contribution in [0.15, 0.2) is 18.2 Å². The molecule has 0 saturated carbocycles. The lowest BCUT2D eigenvalue weighted by atomic mass is 10.0. The van der Waals surface area contributed by atoms with Crippen LogP contribution in [-0.2, 0) is 0 Å². The molecule has 4 heteroatoms. The van der Waals surface area contributed by atoms with Crippen LogP contribution in [0.2, 0.25) is 0 Å². The summed E-state index contributed by atoms with van der Waals surface area (Å²) in [5.74, 6) is 1.72. The summed E-state index contributed by atoms with van der Waals surface area (Å²) in [6.45, 7) is 4.75. The number of hydrogen-bond donors (Lipinski definition) is 2. The topological polar surface area (TPSA) is 42.5 Å². The average molecular weight is 248 g/mol. The Bertz CT molecular complexity index is 416. The Hall–Kier alpha value is -1.26. The summed E-state index contributed by atoms with van der Waals surface area (Å²) < 4.78 is 10.7. The van der Waals surface area contributed by atoms with Gasteiger partial charge < -0.3 is 20.1 Å². The summed E-state index contributed by atoms with van der Waals surface area (Å²) in [6.07, 6.45) is 2.51. The molecule has 1 aromatic rings. The van der Waals surface area contributed by atoms with E-state index < -0.39 is 0 Å². The summed E-state index contributed by atoms with van der Waals surface area (Å²) in [6, 6.07) is 7.09. The molecule has 2 aliphatic rings. The van der Waals surface area contributed by atoms with Gasteiger partial charge in [-0.1, -0.05) is 6.07 Å². The van der Waals surface area contributed by atoms with Crippen LogP contribution in [0.3, 0.4) is 0 Å². The monoisotopic (exact) mass is 248 g/mol. The predicted molar refractivity (Wildman–Crippen MR) is 70.0 cm³/mol. The molecule has 1 fully saturated rings. The first-order chi connectivity index (χ1) is 8.83. The summed E-state index contributed by atoms with van der Waals surface area (Å²) >= 11 is 0. The Morgan fingerprint density at radius 2 is 2.22 bits per heavy atom. The third kappa shape index (κ3) is 2.44. The molecule has 0 aromatic heterocycles. The van der Waals surface area contributed by atoms with Crippen LogP contribution in [0.25, 0.3) is 0 Å². The minimum Gasteiger partial charge on any atom is -0.454 e. The molecule has 0 amide bonds. The molecular formula is C14H20N2O2. The van der Waals surface area contributed by atoms with Gasteiger partial charge in [-0.05, 0) is 44.0 Å². The second-order valence-electron chi connectivity index (χ2n) is 5.04. The van der Waals surface area contributed by atoms with Crippen LogP contribution in [0.4, 0.5) is 0 Å². The van der Waals surface area contributed by atoms with Gasteiger partial charge in [0.1, 0.15) is 0 Å². The van der Waals surface area contributed by atoms with Gasteiger partial charge in [-0.3, -0.25) is 0 Å². The molecule has 1 aromatic carbocycles. The van der Waals surface area contributed by atoms with Gasteiger partial charge in [0, 0.05) is 18.6 Å². The Morgan fingerprint density at radius 1 is 1.33 bits per heavy atom. The predicted octanol–water partition coefficient (Wildman–Crippen LogP) is 1.82.